The highest BCUT2D eigenvalue weighted by Gasteiger charge is 2.10. The Morgan fingerprint density at radius 2 is 1.73 bits per heavy atom. The number of halogens is 3. The van der Waals surface area contributed by atoms with E-state index in [0.29, 0.717) is 0 Å². The first-order valence-electron chi connectivity index (χ1n) is 4.58. The predicted molar refractivity (Wildman–Crippen MR) is 77.2 cm³/mol. The number of fused-ring (bicyclic) bond motifs is 1. The molecule has 0 N–H and O–H groups in total. The van der Waals surface area contributed by atoms with E-state index in [9.17, 15) is 0 Å². The number of benzene rings is 2. The molecule has 2 rings (SSSR count). The zero-order valence-corrected chi connectivity index (χ0v) is 12.6. The summed E-state index contributed by atoms with van der Waals surface area (Å²) in [6.45, 7) is 0. The highest BCUT2D eigenvalue weighted by molar-refractivity contribution is 9.24. The molecule has 0 saturated carbocycles. The predicted octanol–water partition coefficient (Wildman–Crippen LogP) is 5.52. The lowest BCUT2D eigenvalue weighted by atomic mass is 10.0. The molecule has 2 aromatic carbocycles. The van der Waals surface area contributed by atoms with Crippen LogP contribution >= 0.6 is 47.8 Å². The second-order valence-corrected chi connectivity index (χ2v) is 6.91. The van der Waals surface area contributed by atoms with E-state index in [4.69, 9.17) is 0 Å². The second-order valence-electron chi connectivity index (χ2n) is 3.29. The number of rotatable bonds is 2. The Bertz CT molecular complexity index is 477. The molecule has 78 valence electrons. The van der Waals surface area contributed by atoms with Crippen LogP contribution in [0.5, 0.6) is 0 Å². The molecule has 0 spiro atoms. The minimum atomic E-state index is 0.210. The van der Waals surface area contributed by atoms with Crippen molar-refractivity contribution in [3.05, 3.63) is 47.5 Å². The molecule has 0 saturated heterocycles. The summed E-state index contributed by atoms with van der Waals surface area (Å²) in [5.41, 5.74) is 2.62. The lowest BCUT2D eigenvalue weighted by Crippen LogP contribution is -1.91. The van der Waals surface area contributed by atoms with Crippen LogP contribution in [-0.2, 0) is 5.33 Å². The van der Waals surface area contributed by atoms with E-state index in [1.54, 1.807) is 0 Å². The van der Waals surface area contributed by atoms with Gasteiger partial charge < -0.3 is 0 Å². The lowest BCUT2D eigenvalue weighted by molar-refractivity contribution is 1.33. The average Bonchev–Trinajstić information content (AvgIpc) is 2.27. The van der Waals surface area contributed by atoms with Crippen molar-refractivity contribution in [3.63, 3.8) is 0 Å². The summed E-state index contributed by atoms with van der Waals surface area (Å²) in [5.74, 6) is 0. The highest BCUT2D eigenvalue weighted by Crippen LogP contribution is 2.36. The molecule has 0 radical (unpaired) electrons. The summed E-state index contributed by atoms with van der Waals surface area (Å²) in [6, 6.07) is 12.8. The van der Waals surface area contributed by atoms with Gasteiger partial charge in [-0.25, -0.2) is 0 Å². The number of hydrogen-bond acceptors (Lipinski definition) is 0. The van der Waals surface area contributed by atoms with Gasteiger partial charge in [-0.3, -0.25) is 0 Å². The van der Waals surface area contributed by atoms with E-state index >= 15 is 0 Å². The first kappa shape index (κ1) is 11.6. The summed E-state index contributed by atoms with van der Waals surface area (Å²) in [4.78, 5) is 0. The van der Waals surface area contributed by atoms with Gasteiger partial charge in [-0.15, -0.1) is 0 Å². The Balaban J connectivity index is 2.75. The van der Waals surface area contributed by atoms with Crippen molar-refractivity contribution in [2.24, 2.45) is 0 Å². The Morgan fingerprint density at radius 3 is 2.40 bits per heavy atom. The van der Waals surface area contributed by atoms with E-state index in [1.807, 2.05) is 0 Å². The molecule has 0 atom stereocenters. The Hall–Kier alpha value is 0.140. The fourth-order valence-corrected chi connectivity index (χ4v) is 3.19. The minimum Gasteiger partial charge on any atom is -0.0876 e. The minimum absolute atomic E-state index is 0.210. The van der Waals surface area contributed by atoms with Crippen LogP contribution in [0.1, 0.15) is 14.9 Å². The molecular formula is C12H9Br3. The van der Waals surface area contributed by atoms with Crippen molar-refractivity contribution in [1.29, 1.82) is 0 Å². The normalized spacial score (nSPS) is 11.2. The standard InChI is InChI=1S/C12H9Br3/c13-7-11-9-4-2-1-3-8(9)5-6-10(11)12(14)15/h1-6,12H,7H2. The van der Waals surface area contributed by atoms with Crippen LogP contribution < -0.4 is 0 Å². The molecule has 0 aliphatic rings. The van der Waals surface area contributed by atoms with Crippen molar-refractivity contribution in [2.45, 2.75) is 9.07 Å². The topological polar surface area (TPSA) is 0 Å². The molecule has 2 aromatic rings. The van der Waals surface area contributed by atoms with Crippen molar-refractivity contribution in [1.82, 2.24) is 0 Å². The Labute approximate surface area is 114 Å². The molecule has 0 amide bonds. The van der Waals surface area contributed by atoms with Gasteiger partial charge in [0.1, 0.15) is 0 Å². The summed E-state index contributed by atoms with van der Waals surface area (Å²) >= 11 is 10.7. The Morgan fingerprint density at radius 1 is 1.00 bits per heavy atom. The molecule has 0 unspecified atom stereocenters. The first-order valence-corrected chi connectivity index (χ1v) is 7.54. The first-order chi connectivity index (χ1) is 7.24. The third-order valence-electron chi connectivity index (χ3n) is 2.45. The summed E-state index contributed by atoms with van der Waals surface area (Å²) in [7, 11) is 0. The molecule has 0 fully saturated rings. The fraction of sp³-hybridized carbons (Fsp3) is 0.167. The van der Waals surface area contributed by atoms with E-state index < -0.39 is 0 Å². The van der Waals surface area contributed by atoms with Crippen LogP contribution in [0.3, 0.4) is 0 Å². The maximum atomic E-state index is 3.56. The van der Waals surface area contributed by atoms with E-state index in [-0.39, 0.29) is 3.74 Å². The van der Waals surface area contributed by atoms with E-state index in [2.05, 4.69) is 84.2 Å². The molecule has 0 aliphatic heterocycles. The Kier molecular flexibility index (Phi) is 3.86. The van der Waals surface area contributed by atoms with Crippen molar-refractivity contribution < 1.29 is 0 Å². The molecule has 0 nitrogen and oxygen atoms in total. The third-order valence-corrected chi connectivity index (χ3v) is 3.99. The van der Waals surface area contributed by atoms with Crippen LogP contribution in [0.2, 0.25) is 0 Å². The van der Waals surface area contributed by atoms with Gasteiger partial charge in [0.05, 0.1) is 3.74 Å². The lowest BCUT2D eigenvalue weighted by Gasteiger charge is -2.11. The van der Waals surface area contributed by atoms with E-state index in [1.165, 1.54) is 21.9 Å². The summed E-state index contributed by atoms with van der Waals surface area (Å²) < 4.78 is 0.210. The molecule has 0 aliphatic carbocycles. The molecule has 15 heavy (non-hydrogen) atoms. The average molecular weight is 393 g/mol. The van der Waals surface area contributed by atoms with Gasteiger partial charge in [0, 0.05) is 5.33 Å². The third kappa shape index (κ3) is 2.29. The second kappa shape index (κ2) is 4.98. The van der Waals surface area contributed by atoms with Crippen LogP contribution in [0.4, 0.5) is 0 Å². The van der Waals surface area contributed by atoms with Gasteiger partial charge in [-0.05, 0) is 21.9 Å². The zero-order chi connectivity index (χ0) is 10.8. The van der Waals surface area contributed by atoms with Gasteiger partial charge in [0.25, 0.3) is 0 Å². The van der Waals surface area contributed by atoms with Crippen LogP contribution in [0.15, 0.2) is 36.4 Å². The van der Waals surface area contributed by atoms with Crippen molar-refractivity contribution in [3.8, 4) is 0 Å². The molecule has 0 bridgehead atoms. The monoisotopic (exact) mass is 390 g/mol. The zero-order valence-electron chi connectivity index (χ0n) is 7.88. The maximum absolute atomic E-state index is 3.56. The van der Waals surface area contributed by atoms with Gasteiger partial charge >= 0.3 is 0 Å². The molecule has 3 heteroatoms. The SMILES string of the molecule is BrCc1c(C(Br)Br)ccc2ccccc12. The maximum Gasteiger partial charge on any atom is 0.0949 e. The van der Waals surface area contributed by atoms with Gasteiger partial charge in [0.2, 0.25) is 0 Å². The van der Waals surface area contributed by atoms with Crippen molar-refractivity contribution in [2.75, 3.05) is 0 Å². The van der Waals surface area contributed by atoms with Gasteiger partial charge in [-0.2, -0.15) is 0 Å². The number of hydrogen-bond donors (Lipinski definition) is 0. The smallest absolute Gasteiger partial charge is 0.0876 e. The van der Waals surface area contributed by atoms with E-state index in [0.717, 1.165) is 5.33 Å². The quantitative estimate of drug-likeness (QED) is 0.590. The number of alkyl halides is 3. The highest BCUT2D eigenvalue weighted by atomic mass is 79.9. The van der Waals surface area contributed by atoms with Crippen molar-refractivity contribution >= 4 is 58.6 Å². The fourth-order valence-electron chi connectivity index (χ4n) is 1.71. The van der Waals surface area contributed by atoms with Gasteiger partial charge in [0.15, 0.2) is 0 Å². The molecule has 0 aromatic heterocycles. The molecular weight excluding hydrogens is 384 g/mol. The summed E-state index contributed by atoms with van der Waals surface area (Å²) in [6.07, 6.45) is 0. The largest absolute Gasteiger partial charge is 0.0949 e. The summed E-state index contributed by atoms with van der Waals surface area (Å²) in [5, 5.41) is 3.48. The van der Waals surface area contributed by atoms with Crippen LogP contribution in [0, 0.1) is 0 Å². The van der Waals surface area contributed by atoms with Gasteiger partial charge in [-0.1, -0.05) is 84.2 Å². The molecule has 0 heterocycles. The van der Waals surface area contributed by atoms with Crippen LogP contribution in [-0.4, -0.2) is 0 Å². The van der Waals surface area contributed by atoms with Crippen LogP contribution in [0.25, 0.3) is 10.8 Å².